The van der Waals surface area contributed by atoms with Gasteiger partial charge >= 0.3 is 0 Å². The van der Waals surface area contributed by atoms with Gasteiger partial charge in [0, 0.05) is 25.9 Å². The van der Waals surface area contributed by atoms with Gasteiger partial charge in [-0.25, -0.2) is 0 Å². The maximum Gasteiger partial charge on any atom is 0.219 e. The normalized spacial score (nSPS) is 31.0. The number of hydrogen-bond acceptors (Lipinski definition) is 1. The lowest BCUT2D eigenvalue weighted by atomic mass is 9.81. The minimum atomic E-state index is 0.212. The first-order valence-corrected chi connectivity index (χ1v) is 5.29. The van der Waals surface area contributed by atoms with Crippen LogP contribution in [0.1, 0.15) is 20.3 Å². The van der Waals surface area contributed by atoms with Crippen molar-refractivity contribution in [2.75, 3.05) is 13.1 Å². The largest absolute Gasteiger partial charge is 0.342 e. The summed E-state index contributed by atoms with van der Waals surface area (Å²) in [5.74, 6) is 1.43. The van der Waals surface area contributed by atoms with Gasteiger partial charge in [-0.2, -0.15) is 0 Å². The zero-order valence-electron chi connectivity index (χ0n) is 8.86. The Bertz CT molecular complexity index is 303. The molecule has 2 nitrogen and oxygen atoms in total. The molecule has 1 aliphatic heterocycles. The number of allylic oxidation sites excluding steroid dienone is 3. The predicted octanol–water partition coefficient (Wildman–Crippen LogP) is 1.99. The van der Waals surface area contributed by atoms with Crippen LogP contribution in [0.4, 0.5) is 0 Å². The van der Waals surface area contributed by atoms with Gasteiger partial charge in [-0.1, -0.05) is 23.8 Å². The summed E-state index contributed by atoms with van der Waals surface area (Å²) in [5.41, 5.74) is 1.33. The molecule has 0 aromatic heterocycles. The van der Waals surface area contributed by atoms with Gasteiger partial charge in [0.15, 0.2) is 0 Å². The van der Waals surface area contributed by atoms with Crippen LogP contribution in [-0.4, -0.2) is 23.9 Å². The first-order chi connectivity index (χ1) is 6.66. The van der Waals surface area contributed by atoms with E-state index < -0.39 is 0 Å². The summed E-state index contributed by atoms with van der Waals surface area (Å²) in [6.07, 6.45) is 7.92. The highest BCUT2D eigenvalue weighted by molar-refractivity contribution is 5.73. The van der Waals surface area contributed by atoms with E-state index in [-0.39, 0.29) is 5.91 Å². The average molecular weight is 191 g/mol. The van der Waals surface area contributed by atoms with Crippen LogP contribution in [0.2, 0.25) is 0 Å². The molecule has 0 spiro atoms. The molecule has 0 saturated carbocycles. The molecule has 1 amide bonds. The second-order valence-corrected chi connectivity index (χ2v) is 4.35. The Morgan fingerprint density at radius 1 is 1.50 bits per heavy atom. The van der Waals surface area contributed by atoms with Crippen LogP contribution in [0.5, 0.6) is 0 Å². The molecular weight excluding hydrogens is 174 g/mol. The van der Waals surface area contributed by atoms with E-state index in [2.05, 4.69) is 25.2 Å². The van der Waals surface area contributed by atoms with Crippen LogP contribution in [0.25, 0.3) is 0 Å². The Balaban J connectivity index is 2.08. The molecule has 0 aromatic rings. The molecular formula is C12H17NO. The maximum absolute atomic E-state index is 11.2. The van der Waals surface area contributed by atoms with Crippen molar-refractivity contribution in [1.29, 1.82) is 0 Å². The number of nitrogens with zero attached hydrogens (tertiary/aromatic N) is 1. The van der Waals surface area contributed by atoms with Crippen molar-refractivity contribution < 1.29 is 4.79 Å². The molecule has 2 aliphatic rings. The molecule has 0 radical (unpaired) electrons. The van der Waals surface area contributed by atoms with E-state index in [0.29, 0.717) is 11.8 Å². The summed E-state index contributed by atoms with van der Waals surface area (Å²) >= 11 is 0. The van der Waals surface area contributed by atoms with E-state index in [9.17, 15) is 4.79 Å². The van der Waals surface area contributed by atoms with Gasteiger partial charge in [0.1, 0.15) is 0 Å². The quantitative estimate of drug-likeness (QED) is 0.573. The molecule has 14 heavy (non-hydrogen) atoms. The molecule has 2 rings (SSSR count). The first-order valence-electron chi connectivity index (χ1n) is 5.29. The van der Waals surface area contributed by atoms with Gasteiger partial charge in [0.05, 0.1) is 0 Å². The number of hydrogen-bond donors (Lipinski definition) is 0. The maximum atomic E-state index is 11.2. The number of carbonyl (C=O) groups is 1. The van der Waals surface area contributed by atoms with Crippen LogP contribution in [0.15, 0.2) is 23.8 Å². The van der Waals surface area contributed by atoms with Crippen molar-refractivity contribution in [3.63, 3.8) is 0 Å². The number of likely N-dealkylation sites (tertiary alicyclic amines) is 1. The van der Waals surface area contributed by atoms with Crippen LogP contribution in [0, 0.1) is 11.8 Å². The van der Waals surface area contributed by atoms with E-state index in [1.165, 1.54) is 5.57 Å². The first kappa shape index (κ1) is 9.50. The van der Waals surface area contributed by atoms with Crippen molar-refractivity contribution in [2.24, 2.45) is 11.8 Å². The topological polar surface area (TPSA) is 20.3 Å². The zero-order chi connectivity index (χ0) is 10.1. The Kier molecular flexibility index (Phi) is 2.44. The third kappa shape index (κ3) is 1.74. The molecule has 1 saturated heterocycles. The Hall–Kier alpha value is -1.05. The van der Waals surface area contributed by atoms with Crippen LogP contribution < -0.4 is 0 Å². The van der Waals surface area contributed by atoms with Crippen LogP contribution >= 0.6 is 0 Å². The van der Waals surface area contributed by atoms with Crippen LogP contribution in [0.3, 0.4) is 0 Å². The number of piperidine rings is 1. The third-order valence-corrected chi connectivity index (χ3v) is 3.24. The lowest BCUT2D eigenvalue weighted by molar-refractivity contribution is -0.130. The SMILES string of the molecule is CC(=O)N1CCC2C=CC(C)=CC2C1. The second-order valence-electron chi connectivity index (χ2n) is 4.35. The predicted molar refractivity (Wildman–Crippen MR) is 56.7 cm³/mol. The van der Waals surface area contributed by atoms with Crippen molar-refractivity contribution in [3.05, 3.63) is 23.8 Å². The van der Waals surface area contributed by atoms with E-state index in [1.54, 1.807) is 6.92 Å². The third-order valence-electron chi connectivity index (χ3n) is 3.24. The molecule has 0 N–H and O–H groups in total. The van der Waals surface area contributed by atoms with Crippen LogP contribution in [-0.2, 0) is 4.79 Å². The Labute approximate surface area is 85.3 Å². The summed E-state index contributed by atoms with van der Waals surface area (Å²) < 4.78 is 0. The molecule has 0 bridgehead atoms. The van der Waals surface area contributed by atoms with Gasteiger partial charge in [0.25, 0.3) is 0 Å². The highest BCUT2D eigenvalue weighted by Crippen LogP contribution is 2.30. The second kappa shape index (κ2) is 3.60. The lowest BCUT2D eigenvalue weighted by Gasteiger charge is -2.37. The molecule has 0 aromatic carbocycles. The standard InChI is InChI=1S/C12H17NO/c1-9-3-4-11-5-6-13(10(2)14)8-12(11)7-9/h3-4,7,11-12H,5-6,8H2,1-2H3. The summed E-state index contributed by atoms with van der Waals surface area (Å²) in [6.45, 7) is 5.62. The number of carbonyl (C=O) groups excluding carboxylic acids is 1. The van der Waals surface area contributed by atoms with Gasteiger partial charge in [-0.3, -0.25) is 4.79 Å². The van der Waals surface area contributed by atoms with Crippen molar-refractivity contribution >= 4 is 5.91 Å². The monoisotopic (exact) mass is 191 g/mol. The van der Waals surface area contributed by atoms with Crippen molar-refractivity contribution in [1.82, 2.24) is 4.90 Å². The van der Waals surface area contributed by atoms with E-state index >= 15 is 0 Å². The lowest BCUT2D eigenvalue weighted by Crippen LogP contribution is -2.42. The fraction of sp³-hybridized carbons (Fsp3) is 0.583. The van der Waals surface area contributed by atoms with Gasteiger partial charge in [-0.15, -0.1) is 0 Å². The van der Waals surface area contributed by atoms with Gasteiger partial charge in [-0.05, 0) is 19.3 Å². The molecule has 76 valence electrons. The summed E-state index contributed by atoms with van der Waals surface area (Å²) in [5, 5.41) is 0. The van der Waals surface area contributed by atoms with Crippen molar-refractivity contribution in [2.45, 2.75) is 20.3 Å². The van der Waals surface area contributed by atoms with Gasteiger partial charge < -0.3 is 4.90 Å². The van der Waals surface area contributed by atoms with Gasteiger partial charge in [0.2, 0.25) is 5.91 Å². The smallest absolute Gasteiger partial charge is 0.219 e. The fourth-order valence-corrected chi connectivity index (χ4v) is 2.37. The fourth-order valence-electron chi connectivity index (χ4n) is 2.37. The minimum Gasteiger partial charge on any atom is -0.342 e. The Morgan fingerprint density at radius 3 is 3.00 bits per heavy atom. The highest BCUT2D eigenvalue weighted by Gasteiger charge is 2.28. The summed E-state index contributed by atoms with van der Waals surface area (Å²) in [7, 11) is 0. The molecule has 1 aliphatic carbocycles. The minimum absolute atomic E-state index is 0.212. The number of rotatable bonds is 0. The summed E-state index contributed by atoms with van der Waals surface area (Å²) in [4.78, 5) is 13.2. The van der Waals surface area contributed by atoms with E-state index in [1.807, 2.05) is 4.90 Å². The molecule has 1 fully saturated rings. The number of fused-ring (bicyclic) bond motifs is 1. The Morgan fingerprint density at radius 2 is 2.29 bits per heavy atom. The molecule has 1 heterocycles. The summed E-state index contributed by atoms with van der Waals surface area (Å²) in [6, 6.07) is 0. The number of amides is 1. The highest BCUT2D eigenvalue weighted by atomic mass is 16.2. The molecule has 2 heteroatoms. The average Bonchev–Trinajstić information content (AvgIpc) is 2.16. The van der Waals surface area contributed by atoms with E-state index in [0.717, 1.165) is 19.5 Å². The molecule has 2 atom stereocenters. The van der Waals surface area contributed by atoms with E-state index in [4.69, 9.17) is 0 Å². The molecule has 2 unspecified atom stereocenters. The van der Waals surface area contributed by atoms with Crippen molar-refractivity contribution in [3.8, 4) is 0 Å². The zero-order valence-corrected chi connectivity index (χ0v) is 8.86.